The highest BCUT2D eigenvalue weighted by atomic mass is 32.2. The summed E-state index contributed by atoms with van der Waals surface area (Å²) in [5.41, 5.74) is 1.68. The molecule has 0 aliphatic carbocycles. The van der Waals surface area contributed by atoms with Crippen LogP contribution in [0.2, 0.25) is 0 Å². The Hall–Kier alpha value is -2.65. The number of anilines is 1. The Balaban J connectivity index is 1.50. The van der Waals surface area contributed by atoms with Crippen molar-refractivity contribution in [2.45, 2.75) is 29.4 Å². The van der Waals surface area contributed by atoms with Crippen LogP contribution in [0.15, 0.2) is 63.4 Å². The molecule has 4 rings (SSSR count). The molecule has 2 heterocycles. The summed E-state index contributed by atoms with van der Waals surface area (Å²) in [5.74, 6) is -1.26. The number of aryl methyl sites for hydroxylation is 2. The fourth-order valence-corrected chi connectivity index (χ4v) is 5.11. The standard InChI is InChI=1S/C22H19F2N3O2S2/c23-15-6-7-17(16(24)12-15)25-19(28)13-31-22-26-18-9-11-30-20(18)21(29)27(22)10-8-14-4-2-1-3-5-14/h1-7,12H,8-11,13H2,(H,25,28). The first-order valence-electron chi connectivity index (χ1n) is 9.69. The molecule has 0 saturated carbocycles. The molecule has 1 aromatic heterocycles. The third-order valence-electron chi connectivity index (χ3n) is 4.75. The van der Waals surface area contributed by atoms with Crippen LogP contribution < -0.4 is 10.9 Å². The Kier molecular flexibility index (Phi) is 6.72. The van der Waals surface area contributed by atoms with E-state index in [9.17, 15) is 18.4 Å². The largest absolute Gasteiger partial charge is 0.323 e. The lowest BCUT2D eigenvalue weighted by molar-refractivity contribution is -0.113. The van der Waals surface area contributed by atoms with Gasteiger partial charge in [-0.05, 0) is 24.1 Å². The second kappa shape index (κ2) is 9.65. The van der Waals surface area contributed by atoms with Gasteiger partial charge in [0.1, 0.15) is 11.6 Å². The van der Waals surface area contributed by atoms with Crippen LogP contribution in [0.3, 0.4) is 0 Å². The fourth-order valence-electron chi connectivity index (χ4n) is 3.22. The number of nitrogens with zero attached hydrogens (tertiary/aromatic N) is 2. The maximum atomic E-state index is 13.8. The minimum absolute atomic E-state index is 0.0550. The molecule has 0 saturated heterocycles. The predicted molar refractivity (Wildman–Crippen MR) is 119 cm³/mol. The van der Waals surface area contributed by atoms with E-state index in [1.54, 1.807) is 4.57 Å². The molecule has 160 valence electrons. The van der Waals surface area contributed by atoms with E-state index < -0.39 is 17.5 Å². The molecule has 0 atom stereocenters. The Labute approximate surface area is 186 Å². The van der Waals surface area contributed by atoms with Gasteiger partial charge in [-0.1, -0.05) is 42.1 Å². The molecule has 5 nitrogen and oxygen atoms in total. The van der Waals surface area contributed by atoms with E-state index in [0.29, 0.717) is 29.1 Å². The number of amides is 1. The van der Waals surface area contributed by atoms with E-state index in [2.05, 4.69) is 10.3 Å². The molecular formula is C22H19F2N3O2S2. The van der Waals surface area contributed by atoms with Crippen LogP contribution in [0, 0.1) is 11.6 Å². The highest BCUT2D eigenvalue weighted by molar-refractivity contribution is 8.00. The molecule has 1 amide bonds. The maximum absolute atomic E-state index is 13.8. The van der Waals surface area contributed by atoms with Gasteiger partial charge in [-0.3, -0.25) is 14.2 Å². The molecule has 0 unspecified atom stereocenters. The molecule has 0 spiro atoms. The second-order valence-corrected chi connectivity index (χ2v) is 8.97. The van der Waals surface area contributed by atoms with E-state index in [-0.39, 0.29) is 17.0 Å². The molecule has 0 fully saturated rings. The van der Waals surface area contributed by atoms with Crippen molar-refractivity contribution in [2.24, 2.45) is 0 Å². The van der Waals surface area contributed by atoms with Crippen LogP contribution in [0.5, 0.6) is 0 Å². The number of halogens is 2. The average molecular weight is 460 g/mol. The Morgan fingerprint density at radius 1 is 1.19 bits per heavy atom. The van der Waals surface area contributed by atoms with E-state index in [1.165, 1.54) is 17.8 Å². The number of benzene rings is 2. The molecule has 31 heavy (non-hydrogen) atoms. The molecule has 9 heteroatoms. The third kappa shape index (κ3) is 5.16. The summed E-state index contributed by atoms with van der Waals surface area (Å²) in [6.07, 6.45) is 1.38. The van der Waals surface area contributed by atoms with Gasteiger partial charge in [0.05, 0.1) is 22.0 Å². The molecule has 2 aromatic carbocycles. The van der Waals surface area contributed by atoms with Crippen LogP contribution >= 0.6 is 23.5 Å². The summed E-state index contributed by atoms with van der Waals surface area (Å²) < 4.78 is 28.4. The summed E-state index contributed by atoms with van der Waals surface area (Å²) in [6, 6.07) is 12.8. The molecule has 1 N–H and O–H groups in total. The Morgan fingerprint density at radius 3 is 2.77 bits per heavy atom. The topological polar surface area (TPSA) is 64.0 Å². The molecule has 0 radical (unpaired) electrons. The number of carbonyl (C=O) groups excluding carboxylic acids is 1. The van der Waals surface area contributed by atoms with Crippen molar-refractivity contribution in [2.75, 3.05) is 16.8 Å². The van der Waals surface area contributed by atoms with E-state index in [4.69, 9.17) is 0 Å². The minimum Gasteiger partial charge on any atom is -0.323 e. The first kappa shape index (κ1) is 21.6. The predicted octanol–water partition coefficient (Wildman–Crippen LogP) is 4.14. The summed E-state index contributed by atoms with van der Waals surface area (Å²) in [4.78, 5) is 30.7. The first-order valence-corrected chi connectivity index (χ1v) is 11.7. The lowest BCUT2D eigenvalue weighted by Gasteiger charge is -2.14. The molecule has 1 aliphatic heterocycles. The zero-order valence-corrected chi connectivity index (χ0v) is 18.1. The van der Waals surface area contributed by atoms with Gasteiger partial charge in [0.25, 0.3) is 5.56 Å². The monoisotopic (exact) mass is 459 g/mol. The second-order valence-electron chi connectivity index (χ2n) is 6.92. The zero-order valence-electron chi connectivity index (χ0n) is 16.4. The van der Waals surface area contributed by atoms with Crippen LogP contribution in [0.1, 0.15) is 11.3 Å². The molecular weight excluding hydrogens is 440 g/mol. The van der Waals surface area contributed by atoms with Crippen molar-refractivity contribution in [3.8, 4) is 0 Å². The summed E-state index contributed by atoms with van der Waals surface area (Å²) in [7, 11) is 0. The van der Waals surface area contributed by atoms with Crippen LogP contribution in [0.25, 0.3) is 0 Å². The zero-order chi connectivity index (χ0) is 21.8. The van der Waals surface area contributed by atoms with Gasteiger partial charge < -0.3 is 5.32 Å². The third-order valence-corrected chi connectivity index (χ3v) is 6.84. The number of fused-ring (bicyclic) bond motifs is 1. The first-order chi connectivity index (χ1) is 15.0. The van der Waals surface area contributed by atoms with Crippen molar-refractivity contribution in [3.05, 3.63) is 81.8 Å². The Bertz CT molecular complexity index is 1170. The number of aromatic nitrogens is 2. The highest BCUT2D eigenvalue weighted by Crippen LogP contribution is 2.29. The maximum Gasteiger partial charge on any atom is 0.268 e. The van der Waals surface area contributed by atoms with Gasteiger partial charge in [0.15, 0.2) is 5.16 Å². The van der Waals surface area contributed by atoms with Gasteiger partial charge in [-0.25, -0.2) is 13.8 Å². The van der Waals surface area contributed by atoms with Gasteiger partial charge >= 0.3 is 0 Å². The number of thioether (sulfide) groups is 2. The number of rotatable bonds is 7. The van der Waals surface area contributed by atoms with Gasteiger partial charge in [-0.15, -0.1) is 11.8 Å². The lowest BCUT2D eigenvalue weighted by atomic mass is 10.1. The molecule has 0 bridgehead atoms. The molecule has 3 aromatic rings. The smallest absolute Gasteiger partial charge is 0.268 e. The lowest BCUT2D eigenvalue weighted by Crippen LogP contribution is -2.27. The molecule has 1 aliphatic rings. The van der Waals surface area contributed by atoms with Gasteiger partial charge in [-0.2, -0.15) is 0 Å². The number of hydrogen-bond acceptors (Lipinski definition) is 5. The van der Waals surface area contributed by atoms with Crippen molar-refractivity contribution in [1.29, 1.82) is 0 Å². The van der Waals surface area contributed by atoms with Gasteiger partial charge in [0, 0.05) is 24.8 Å². The van der Waals surface area contributed by atoms with Gasteiger partial charge in [0.2, 0.25) is 5.91 Å². The van der Waals surface area contributed by atoms with Crippen molar-refractivity contribution in [3.63, 3.8) is 0 Å². The number of nitrogens with one attached hydrogen (secondary N) is 1. The van der Waals surface area contributed by atoms with E-state index >= 15 is 0 Å². The van der Waals surface area contributed by atoms with Crippen LogP contribution in [0.4, 0.5) is 14.5 Å². The number of carbonyl (C=O) groups is 1. The normalized spacial score (nSPS) is 12.6. The summed E-state index contributed by atoms with van der Waals surface area (Å²) >= 11 is 2.64. The quantitative estimate of drug-likeness (QED) is 0.425. The van der Waals surface area contributed by atoms with Crippen molar-refractivity contribution >= 4 is 35.1 Å². The van der Waals surface area contributed by atoms with Crippen LogP contribution in [-0.2, 0) is 24.2 Å². The van der Waals surface area contributed by atoms with E-state index in [1.807, 2.05) is 30.3 Å². The highest BCUT2D eigenvalue weighted by Gasteiger charge is 2.22. The SMILES string of the molecule is O=C(CSc1nc2c(c(=O)n1CCc1ccccc1)SCC2)Nc1ccc(F)cc1F. The summed E-state index contributed by atoms with van der Waals surface area (Å²) in [5, 5.41) is 2.90. The Morgan fingerprint density at radius 2 is 2.00 bits per heavy atom. The fraction of sp³-hybridized carbons (Fsp3) is 0.227. The average Bonchev–Trinajstić information content (AvgIpc) is 3.23. The number of hydrogen-bond donors (Lipinski definition) is 1. The van der Waals surface area contributed by atoms with E-state index in [0.717, 1.165) is 41.3 Å². The minimum atomic E-state index is -0.842. The van der Waals surface area contributed by atoms with Crippen molar-refractivity contribution in [1.82, 2.24) is 9.55 Å². The summed E-state index contributed by atoms with van der Waals surface area (Å²) in [6.45, 7) is 0.445. The van der Waals surface area contributed by atoms with Crippen molar-refractivity contribution < 1.29 is 13.6 Å². The van der Waals surface area contributed by atoms with Crippen LogP contribution in [-0.4, -0.2) is 27.0 Å².